The Hall–Kier alpha value is -1.69. The normalized spacial score (nSPS) is 23.3. The third kappa shape index (κ3) is 3.08. The minimum absolute atomic E-state index is 0.0971. The average molecular weight is 374 g/mol. The molecule has 1 aromatic rings. The van der Waals surface area contributed by atoms with Gasteiger partial charge in [-0.1, -0.05) is 6.42 Å². The lowest BCUT2D eigenvalue weighted by Gasteiger charge is -2.45. The van der Waals surface area contributed by atoms with Crippen LogP contribution in [0.4, 0.5) is 5.69 Å². The molecule has 2 saturated heterocycles. The fourth-order valence-electron chi connectivity index (χ4n) is 4.38. The van der Waals surface area contributed by atoms with Crippen molar-refractivity contribution in [3.05, 3.63) is 29.3 Å². The van der Waals surface area contributed by atoms with Gasteiger partial charge in [0.1, 0.15) is 6.17 Å². The Labute approximate surface area is 159 Å². The Balaban J connectivity index is 1.68. The average Bonchev–Trinajstić information content (AvgIpc) is 2.94. The first-order valence-electron chi connectivity index (χ1n) is 9.79. The van der Waals surface area contributed by atoms with Gasteiger partial charge in [0, 0.05) is 43.2 Å². The summed E-state index contributed by atoms with van der Waals surface area (Å²) in [6.07, 6.45) is 4.58. The van der Waals surface area contributed by atoms with Crippen molar-refractivity contribution in [3.63, 3.8) is 0 Å². The molecule has 0 saturated carbocycles. The lowest BCUT2D eigenvalue weighted by atomic mass is 10.0. The van der Waals surface area contributed by atoms with E-state index in [1.165, 1.54) is 6.42 Å². The number of thioether (sulfide) groups is 1. The van der Waals surface area contributed by atoms with E-state index in [0.29, 0.717) is 5.56 Å². The van der Waals surface area contributed by atoms with E-state index in [1.54, 1.807) is 0 Å². The van der Waals surface area contributed by atoms with Gasteiger partial charge in [0.05, 0.1) is 11.3 Å². The van der Waals surface area contributed by atoms with Gasteiger partial charge in [-0.25, -0.2) is 0 Å². The Kier molecular flexibility index (Phi) is 5.11. The standard InChI is InChI=1S/C20H27N3O2S/c1-2-22-17-14-15(19(24)21-10-12-26-13-11-21)7-8-16(17)20(25)23-9-5-3-4-6-18(22)23/h7-8,14,18H,2-6,9-13H2,1H3. The molecule has 140 valence electrons. The van der Waals surface area contributed by atoms with Crippen LogP contribution < -0.4 is 4.90 Å². The maximum absolute atomic E-state index is 13.0. The molecule has 0 radical (unpaired) electrons. The fourth-order valence-corrected chi connectivity index (χ4v) is 5.28. The van der Waals surface area contributed by atoms with Gasteiger partial charge in [0.15, 0.2) is 0 Å². The Bertz CT molecular complexity index is 702. The first-order valence-corrected chi connectivity index (χ1v) is 10.9. The lowest BCUT2D eigenvalue weighted by molar-refractivity contribution is 0.0655. The van der Waals surface area contributed by atoms with Gasteiger partial charge < -0.3 is 14.7 Å². The molecule has 3 aliphatic rings. The van der Waals surface area contributed by atoms with Crippen LogP contribution in [0.15, 0.2) is 18.2 Å². The number of amides is 2. The number of anilines is 1. The largest absolute Gasteiger partial charge is 0.351 e. The van der Waals surface area contributed by atoms with Crippen LogP contribution in [0.25, 0.3) is 0 Å². The van der Waals surface area contributed by atoms with E-state index in [9.17, 15) is 9.59 Å². The highest BCUT2D eigenvalue weighted by molar-refractivity contribution is 7.99. The summed E-state index contributed by atoms with van der Waals surface area (Å²) < 4.78 is 0. The maximum Gasteiger partial charge on any atom is 0.257 e. The highest BCUT2D eigenvalue weighted by atomic mass is 32.2. The number of rotatable bonds is 2. The highest BCUT2D eigenvalue weighted by Crippen LogP contribution is 2.35. The molecule has 1 aromatic carbocycles. The zero-order valence-corrected chi connectivity index (χ0v) is 16.3. The van der Waals surface area contributed by atoms with E-state index < -0.39 is 0 Å². The van der Waals surface area contributed by atoms with Gasteiger partial charge in [0.2, 0.25) is 0 Å². The predicted molar refractivity (Wildman–Crippen MR) is 106 cm³/mol. The number of carbonyl (C=O) groups is 2. The molecule has 5 nitrogen and oxygen atoms in total. The molecule has 1 atom stereocenters. The number of hydrogen-bond donors (Lipinski definition) is 0. The van der Waals surface area contributed by atoms with Crippen molar-refractivity contribution < 1.29 is 9.59 Å². The van der Waals surface area contributed by atoms with Crippen LogP contribution in [0.2, 0.25) is 0 Å². The highest BCUT2D eigenvalue weighted by Gasteiger charge is 2.37. The van der Waals surface area contributed by atoms with E-state index >= 15 is 0 Å². The van der Waals surface area contributed by atoms with E-state index in [1.807, 2.05) is 39.8 Å². The molecule has 0 aliphatic carbocycles. The zero-order valence-electron chi connectivity index (χ0n) is 15.4. The second kappa shape index (κ2) is 7.51. The number of fused-ring (bicyclic) bond motifs is 2. The molecule has 0 N–H and O–H groups in total. The first-order chi connectivity index (χ1) is 12.7. The second-order valence-electron chi connectivity index (χ2n) is 7.25. The molecular formula is C20H27N3O2S. The minimum atomic E-state index is 0.0971. The van der Waals surface area contributed by atoms with Crippen LogP contribution in [0, 0.1) is 0 Å². The Morgan fingerprint density at radius 2 is 1.96 bits per heavy atom. The molecule has 0 aromatic heterocycles. The van der Waals surface area contributed by atoms with Gasteiger partial charge in [-0.2, -0.15) is 11.8 Å². The summed E-state index contributed by atoms with van der Waals surface area (Å²) in [5, 5.41) is 0. The van der Waals surface area contributed by atoms with Crippen molar-refractivity contribution in [2.45, 2.75) is 38.8 Å². The van der Waals surface area contributed by atoms with Crippen molar-refractivity contribution in [2.75, 3.05) is 42.6 Å². The summed E-state index contributed by atoms with van der Waals surface area (Å²) in [4.78, 5) is 32.3. The molecule has 4 rings (SSSR count). The number of benzene rings is 1. The molecule has 3 aliphatic heterocycles. The van der Waals surface area contributed by atoms with Gasteiger partial charge in [-0.15, -0.1) is 0 Å². The monoisotopic (exact) mass is 373 g/mol. The van der Waals surface area contributed by atoms with Crippen molar-refractivity contribution in [1.29, 1.82) is 0 Å². The molecule has 26 heavy (non-hydrogen) atoms. The summed E-state index contributed by atoms with van der Waals surface area (Å²) in [5.74, 6) is 2.24. The molecule has 0 spiro atoms. The summed E-state index contributed by atoms with van der Waals surface area (Å²) in [5.41, 5.74) is 2.40. The second-order valence-corrected chi connectivity index (χ2v) is 8.48. The summed E-state index contributed by atoms with van der Waals surface area (Å²) in [7, 11) is 0. The van der Waals surface area contributed by atoms with E-state index in [4.69, 9.17) is 0 Å². The van der Waals surface area contributed by atoms with E-state index in [0.717, 1.165) is 68.2 Å². The van der Waals surface area contributed by atoms with Crippen molar-refractivity contribution in [1.82, 2.24) is 9.80 Å². The zero-order chi connectivity index (χ0) is 18.1. The van der Waals surface area contributed by atoms with Crippen molar-refractivity contribution >= 4 is 29.3 Å². The van der Waals surface area contributed by atoms with Crippen LogP contribution >= 0.6 is 11.8 Å². The summed E-state index contributed by atoms with van der Waals surface area (Å²) in [6.45, 7) is 5.45. The molecule has 1 unspecified atom stereocenters. The smallest absolute Gasteiger partial charge is 0.257 e. The van der Waals surface area contributed by atoms with Crippen LogP contribution in [-0.4, -0.2) is 65.5 Å². The number of hydrogen-bond acceptors (Lipinski definition) is 4. The minimum Gasteiger partial charge on any atom is -0.351 e. The molecule has 0 bridgehead atoms. The van der Waals surface area contributed by atoms with E-state index in [2.05, 4.69) is 11.8 Å². The van der Waals surface area contributed by atoms with Gasteiger partial charge in [-0.05, 0) is 44.4 Å². The van der Waals surface area contributed by atoms with E-state index in [-0.39, 0.29) is 18.0 Å². The first kappa shape index (κ1) is 17.7. The van der Waals surface area contributed by atoms with Gasteiger partial charge in [-0.3, -0.25) is 9.59 Å². The van der Waals surface area contributed by atoms with Crippen molar-refractivity contribution in [2.24, 2.45) is 0 Å². The van der Waals surface area contributed by atoms with Crippen LogP contribution in [0.1, 0.15) is 53.3 Å². The Morgan fingerprint density at radius 3 is 2.73 bits per heavy atom. The van der Waals surface area contributed by atoms with Crippen molar-refractivity contribution in [3.8, 4) is 0 Å². The topological polar surface area (TPSA) is 43.9 Å². The number of carbonyl (C=O) groups excluding carboxylic acids is 2. The summed E-state index contributed by atoms with van der Waals surface area (Å²) in [6, 6.07) is 5.67. The third-order valence-electron chi connectivity index (χ3n) is 5.77. The fraction of sp³-hybridized carbons (Fsp3) is 0.600. The van der Waals surface area contributed by atoms with Crippen LogP contribution in [0.5, 0.6) is 0 Å². The molecule has 2 fully saturated rings. The molecular weight excluding hydrogens is 346 g/mol. The van der Waals surface area contributed by atoms with Gasteiger partial charge >= 0.3 is 0 Å². The quantitative estimate of drug-likeness (QED) is 0.799. The number of nitrogens with zero attached hydrogens (tertiary/aromatic N) is 3. The lowest BCUT2D eigenvalue weighted by Crippen LogP contribution is -2.55. The van der Waals surface area contributed by atoms with Gasteiger partial charge in [0.25, 0.3) is 11.8 Å². The molecule has 2 amide bonds. The van der Waals surface area contributed by atoms with Crippen LogP contribution in [0.3, 0.4) is 0 Å². The maximum atomic E-state index is 13.0. The Morgan fingerprint density at radius 1 is 1.15 bits per heavy atom. The molecule has 6 heteroatoms. The third-order valence-corrected chi connectivity index (χ3v) is 6.71. The molecule has 3 heterocycles. The SMILES string of the molecule is CCN1c2cc(C(=O)N3CCSCC3)ccc2C(=O)N2CCCCCC21. The predicted octanol–water partition coefficient (Wildman–Crippen LogP) is 3.06. The summed E-state index contributed by atoms with van der Waals surface area (Å²) >= 11 is 1.90. The van der Waals surface area contributed by atoms with Crippen LogP contribution in [-0.2, 0) is 0 Å².